The zero-order valence-electron chi connectivity index (χ0n) is 27.0. The molecule has 2 heterocycles. The monoisotopic (exact) mass is 636 g/mol. The van der Waals surface area contributed by atoms with Crippen molar-refractivity contribution in [2.75, 3.05) is 0 Å². The van der Waals surface area contributed by atoms with Crippen LogP contribution < -0.4 is 0 Å². The Hall–Kier alpha value is -6.64. The summed E-state index contributed by atoms with van der Waals surface area (Å²) < 4.78 is 13.4. The highest BCUT2D eigenvalue weighted by Crippen LogP contribution is 2.47. The second-order valence-corrected chi connectivity index (χ2v) is 13.2. The van der Waals surface area contributed by atoms with Crippen molar-refractivity contribution < 1.29 is 8.83 Å². The molecule has 0 saturated heterocycles. The molecule has 0 aliphatic heterocycles. The third-order valence-electron chi connectivity index (χ3n) is 10.4. The second-order valence-electron chi connectivity index (χ2n) is 13.2. The van der Waals surface area contributed by atoms with Crippen LogP contribution in [0.5, 0.6) is 0 Å². The van der Waals surface area contributed by atoms with Crippen LogP contribution in [0.1, 0.15) is 0 Å². The fraction of sp³-hybridized carbons (Fsp3) is 0. The third-order valence-corrected chi connectivity index (χ3v) is 10.4. The predicted octanol–water partition coefficient (Wildman–Crippen LogP) is 13.9. The van der Waals surface area contributed by atoms with Crippen LogP contribution in [0.15, 0.2) is 179 Å². The molecule has 11 rings (SSSR count). The molecule has 2 heteroatoms. The topological polar surface area (TPSA) is 26.3 Å². The van der Waals surface area contributed by atoms with Crippen molar-refractivity contribution in [3.63, 3.8) is 0 Å². The van der Waals surface area contributed by atoms with Crippen LogP contribution in [0.4, 0.5) is 0 Å². The molecule has 2 nitrogen and oxygen atoms in total. The lowest BCUT2D eigenvalue weighted by molar-refractivity contribution is 0.635. The van der Waals surface area contributed by atoms with Crippen molar-refractivity contribution in [2.45, 2.75) is 0 Å². The van der Waals surface area contributed by atoms with Gasteiger partial charge in [0, 0.05) is 26.9 Å². The maximum Gasteiger partial charge on any atom is 0.179 e. The fourth-order valence-corrected chi connectivity index (χ4v) is 8.27. The minimum Gasteiger partial charge on any atom is -0.452 e. The molecule has 2 aromatic heterocycles. The molecule has 232 valence electrons. The highest BCUT2D eigenvalue weighted by Gasteiger charge is 2.22. The van der Waals surface area contributed by atoms with Crippen LogP contribution in [-0.4, -0.2) is 0 Å². The number of hydrogen-bond donors (Lipinski definition) is 0. The van der Waals surface area contributed by atoms with Crippen LogP contribution in [-0.2, 0) is 0 Å². The molecule has 9 aromatic carbocycles. The van der Waals surface area contributed by atoms with E-state index in [1.807, 2.05) is 12.1 Å². The van der Waals surface area contributed by atoms with E-state index >= 15 is 0 Å². The lowest BCUT2D eigenvalue weighted by Gasteiger charge is -2.18. The quantitative estimate of drug-likeness (QED) is 0.180. The van der Waals surface area contributed by atoms with Gasteiger partial charge in [-0.05, 0) is 84.6 Å². The van der Waals surface area contributed by atoms with Gasteiger partial charge < -0.3 is 8.83 Å². The van der Waals surface area contributed by atoms with E-state index in [4.69, 9.17) is 8.83 Å². The van der Waals surface area contributed by atoms with Crippen molar-refractivity contribution in [3.05, 3.63) is 170 Å². The maximum absolute atomic E-state index is 6.74. The molecule has 0 radical (unpaired) electrons. The summed E-state index contributed by atoms with van der Waals surface area (Å²) in [6.07, 6.45) is 0. The van der Waals surface area contributed by atoms with Crippen molar-refractivity contribution in [3.8, 4) is 33.4 Å². The van der Waals surface area contributed by atoms with Gasteiger partial charge >= 0.3 is 0 Å². The largest absolute Gasteiger partial charge is 0.452 e. The molecule has 50 heavy (non-hydrogen) atoms. The van der Waals surface area contributed by atoms with E-state index in [0.717, 1.165) is 65.8 Å². The Balaban J connectivity index is 1.23. The van der Waals surface area contributed by atoms with Gasteiger partial charge in [0.05, 0.1) is 0 Å². The molecular weight excluding hydrogens is 609 g/mol. The van der Waals surface area contributed by atoms with Crippen LogP contribution in [0.3, 0.4) is 0 Å². The van der Waals surface area contributed by atoms with Gasteiger partial charge in [-0.15, -0.1) is 0 Å². The standard InChI is InChI=1S/C48H28O2/c1-2-14-30(15-3-1)43-34-19-6-8-21-36(34)44(37-22-9-7-20-35(37)43)32-17-12-16-31(27-32)40-28-41-38-26-25-29-13-4-5-18-33(29)46(38)50-47(41)48-45(40)39-23-10-11-24-42(39)49-48/h1-28H. The van der Waals surface area contributed by atoms with Gasteiger partial charge in [-0.3, -0.25) is 0 Å². The average Bonchev–Trinajstić information content (AvgIpc) is 3.76. The summed E-state index contributed by atoms with van der Waals surface area (Å²) >= 11 is 0. The van der Waals surface area contributed by atoms with Gasteiger partial charge in [-0.25, -0.2) is 0 Å². The van der Waals surface area contributed by atoms with Gasteiger partial charge in [0.15, 0.2) is 11.2 Å². The molecule has 0 atom stereocenters. The van der Waals surface area contributed by atoms with E-state index in [9.17, 15) is 0 Å². The number of benzene rings is 9. The normalized spacial score (nSPS) is 12.0. The zero-order valence-corrected chi connectivity index (χ0v) is 27.0. The third kappa shape index (κ3) is 3.85. The lowest BCUT2D eigenvalue weighted by Crippen LogP contribution is -1.91. The molecular formula is C48H28O2. The number of hydrogen-bond acceptors (Lipinski definition) is 2. The van der Waals surface area contributed by atoms with Crippen LogP contribution in [0.25, 0.3) is 110 Å². The molecule has 0 aliphatic carbocycles. The van der Waals surface area contributed by atoms with E-state index in [-0.39, 0.29) is 0 Å². The number of para-hydroxylation sites is 1. The molecule has 0 amide bonds. The second kappa shape index (κ2) is 10.4. The Morgan fingerprint density at radius 3 is 1.62 bits per heavy atom. The molecule has 0 spiro atoms. The summed E-state index contributed by atoms with van der Waals surface area (Å²) in [5.41, 5.74) is 10.5. The Morgan fingerprint density at radius 2 is 0.880 bits per heavy atom. The molecule has 0 fully saturated rings. The first-order chi connectivity index (χ1) is 24.8. The number of rotatable bonds is 3. The molecule has 0 N–H and O–H groups in total. The van der Waals surface area contributed by atoms with Gasteiger partial charge in [0.25, 0.3) is 0 Å². The minimum atomic E-state index is 0.785. The van der Waals surface area contributed by atoms with Crippen LogP contribution in [0, 0.1) is 0 Å². The van der Waals surface area contributed by atoms with Crippen LogP contribution >= 0.6 is 0 Å². The van der Waals surface area contributed by atoms with Crippen molar-refractivity contribution >= 4 is 76.2 Å². The van der Waals surface area contributed by atoms with E-state index in [2.05, 4.69) is 158 Å². The van der Waals surface area contributed by atoms with E-state index in [1.54, 1.807) is 0 Å². The van der Waals surface area contributed by atoms with Gasteiger partial charge in [0.2, 0.25) is 0 Å². The first-order valence-electron chi connectivity index (χ1n) is 17.1. The van der Waals surface area contributed by atoms with Gasteiger partial charge in [-0.1, -0.05) is 146 Å². The highest BCUT2D eigenvalue weighted by molar-refractivity contribution is 6.26. The highest BCUT2D eigenvalue weighted by atomic mass is 16.4. The van der Waals surface area contributed by atoms with Crippen LogP contribution in [0.2, 0.25) is 0 Å². The summed E-state index contributed by atoms with van der Waals surface area (Å²) in [6, 6.07) is 60.9. The molecule has 0 aliphatic rings. The van der Waals surface area contributed by atoms with Crippen molar-refractivity contribution in [2.24, 2.45) is 0 Å². The minimum absolute atomic E-state index is 0.785. The van der Waals surface area contributed by atoms with E-state index in [0.29, 0.717) is 0 Å². The summed E-state index contributed by atoms with van der Waals surface area (Å²) in [6.45, 7) is 0. The Labute approximate surface area is 287 Å². The summed E-state index contributed by atoms with van der Waals surface area (Å²) in [5.74, 6) is 0. The molecule has 0 unspecified atom stereocenters. The first kappa shape index (κ1) is 27.3. The summed E-state index contributed by atoms with van der Waals surface area (Å²) in [7, 11) is 0. The maximum atomic E-state index is 6.74. The number of fused-ring (bicyclic) bond motifs is 11. The average molecular weight is 637 g/mol. The zero-order chi connectivity index (χ0) is 32.8. The van der Waals surface area contributed by atoms with E-state index in [1.165, 1.54) is 43.8 Å². The SMILES string of the molecule is c1ccc(-c2c3ccccc3c(-c3cccc(-c4cc5c6ccc7ccccc7c6oc5c5oc6ccccc6c45)c3)c3ccccc23)cc1. The van der Waals surface area contributed by atoms with E-state index < -0.39 is 0 Å². The molecule has 11 aromatic rings. The van der Waals surface area contributed by atoms with Crippen molar-refractivity contribution in [1.82, 2.24) is 0 Å². The van der Waals surface area contributed by atoms with Crippen molar-refractivity contribution in [1.29, 1.82) is 0 Å². The van der Waals surface area contributed by atoms with Gasteiger partial charge in [-0.2, -0.15) is 0 Å². The molecule has 0 saturated carbocycles. The number of furan rings is 2. The smallest absolute Gasteiger partial charge is 0.179 e. The first-order valence-corrected chi connectivity index (χ1v) is 17.1. The Bertz CT molecular complexity index is 3080. The van der Waals surface area contributed by atoms with Gasteiger partial charge in [0.1, 0.15) is 11.2 Å². The summed E-state index contributed by atoms with van der Waals surface area (Å²) in [4.78, 5) is 0. The Morgan fingerprint density at radius 1 is 0.300 bits per heavy atom. The fourth-order valence-electron chi connectivity index (χ4n) is 8.27. The Kier molecular flexibility index (Phi) is 5.70. The predicted molar refractivity (Wildman–Crippen MR) is 210 cm³/mol. The summed E-state index contributed by atoms with van der Waals surface area (Å²) in [5, 5.41) is 11.5. The lowest BCUT2D eigenvalue weighted by atomic mass is 9.85. The molecule has 0 bridgehead atoms.